The summed E-state index contributed by atoms with van der Waals surface area (Å²) >= 11 is 24.8. The van der Waals surface area contributed by atoms with Gasteiger partial charge in [-0.1, -0.05) is 82.8 Å². The fourth-order valence-electron chi connectivity index (χ4n) is 4.11. The van der Waals surface area contributed by atoms with Gasteiger partial charge in [0.1, 0.15) is 12.6 Å². The van der Waals surface area contributed by atoms with Gasteiger partial charge in [-0.05, 0) is 62.2 Å². The van der Waals surface area contributed by atoms with Crippen molar-refractivity contribution in [3.8, 4) is 0 Å². The van der Waals surface area contributed by atoms with Crippen LogP contribution in [-0.4, -0.2) is 49.5 Å². The molecule has 12 heteroatoms. The predicted molar refractivity (Wildman–Crippen MR) is 167 cm³/mol. The zero-order chi connectivity index (χ0) is 30.5. The van der Waals surface area contributed by atoms with Crippen LogP contribution in [0.2, 0.25) is 20.1 Å². The Balaban J connectivity index is 2.12. The van der Waals surface area contributed by atoms with Crippen molar-refractivity contribution < 1.29 is 18.0 Å². The molecule has 2 amide bonds. The van der Waals surface area contributed by atoms with Gasteiger partial charge in [0.25, 0.3) is 0 Å². The highest BCUT2D eigenvalue weighted by Gasteiger charge is 2.34. The summed E-state index contributed by atoms with van der Waals surface area (Å²) in [5.74, 6) is -1.04. The van der Waals surface area contributed by atoms with Gasteiger partial charge in [-0.25, -0.2) is 8.42 Å². The second kappa shape index (κ2) is 13.7. The Labute approximate surface area is 261 Å². The van der Waals surface area contributed by atoms with Crippen LogP contribution in [0.15, 0.2) is 66.7 Å². The molecule has 0 bridgehead atoms. The Bertz CT molecular complexity index is 1510. The van der Waals surface area contributed by atoms with E-state index in [1.165, 1.54) is 23.1 Å². The summed E-state index contributed by atoms with van der Waals surface area (Å²) in [5.41, 5.74) is 0.855. The van der Waals surface area contributed by atoms with Gasteiger partial charge in [0.15, 0.2) is 0 Å². The minimum absolute atomic E-state index is 0.0447. The van der Waals surface area contributed by atoms with E-state index in [1.807, 2.05) is 51.1 Å². The van der Waals surface area contributed by atoms with Crippen LogP contribution in [0.4, 0.5) is 5.69 Å². The van der Waals surface area contributed by atoms with Crippen LogP contribution in [0.5, 0.6) is 0 Å². The second-order valence-electron chi connectivity index (χ2n) is 10.6. The second-order valence-corrected chi connectivity index (χ2v) is 14.1. The van der Waals surface area contributed by atoms with Crippen LogP contribution >= 0.6 is 46.4 Å². The minimum Gasteiger partial charge on any atom is -0.350 e. The van der Waals surface area contributed by atoms with Gasteiger partial charge in [-0.2, -0.15) is 0 Å². The molecule has 0 heterocycles. The largest absolute Gasteiger partial charge is 0.350 e. The third-order valence-corrected chi connectivity index (χ3v) is 8.38. The third kappa shape index (κ3) is 9.51. The molecule has 0 spiro atoms. The summed E-state index contributed by atoms with van der Waals surface area (Å²) in [5, 5.41) is 3.90. The van der Waals surface area contributed by atoms with E-state index in [0.29, 0.717) is 10.6 Å². The highest BCUT2D eigenvalue weighted by Crippen LogP contribution is 2.31. The summed E-state index contributed by atoms with van der Waals surface area (Å²) in [6.45, 7) is 4.83. The monoisotopic (exact) mass is 657 g/mol. The number of hydrogen-bond donors (Lipinski definition) is 1. The van der Waals surface area contributed by atoms with Crippen molar-refractivity contribution in [1.29, 1.82) is 0 Å². The maximum Gasteiger partial charge on any atom is 0.244 e. The molecule has 3 aromatic carbocycles. The molecule has 0 saturated heterocycles. The molecular formula is C29H31Cl4N3O4S. The topological polar surface area (TPSA) is 86.8 Å². The molecule has 41 heavy (non-hydrogen) atoms. The number of halogens is 4. The molecule has 1 atom stereocenters. The zero-order valence-corrected chi connectivity index (χ0v) is 26.8. The van der Waals surface area contributed by atoms with Crippen molar-refractivity contribution in [3.63, 3.8) is 0 Å². The Morgan fingerprint density at radius 1 is 0.854 bits per heavy atom. The molecule has 220 valence electrons. The lowest BCUT2D eigenvalue weighted by Gasteiger charge is -2.35. The molecule has 0 aliphatic heterocycles. The molecule has 0 unspecified atom stereocenters. The molecule has 0 aliphatic carbocycles. The third-order valence-electron chi connectivity index (χ3n) is 5.96. The van der Waals surface area contributed by atoms with Crippen LogP contribution in [0.25, 0.3) is 0 Å². The fraction of sp³-hybridized carbons (Fsp3) is 0.310. The highest BCUT2D eigenvalue weighted by molar-refractivity contribution is 7.92. The van der Waals surface area contributed by atoms with Crippen molar-refractivity contribution in [3.05, 3.63) is 97.9 Å². The molecule has 0 radical (unpaired) electrons. The van der Waals surface area contributed by atoms with Gasteiger partial charge in [0.2, 0.25) is 21.8 Å². The van der Waals surface area contributed by atoms with E-state index in [9.17, 15) is 18.0 Å². The van der Waals surface area contributed by atoms with Gasteiger partial charge < -0.3 is 10.2 Å². The van der Waals surface area contributed by atoms with Crippen molar-refractivity contribution in [2.75, 3.05) is 17.1 Å². The smallest absolute Gasteiger partial charge is 0.244 e. The van der Waals surface area contributed by atoms with Crippen LogP contribution in [-0.2, 0) is 32.6 Å². The lowest BCUT2D eigenvalue weighted by Crippen LogP contribution is -2.56. The first-order valence-electron chi connectivity index (χ1n) is 12.6. The maximum atomic E-state index is 14.1. The van der Waals surface area contributed by atoms with E-state index in [2.05, 4.69) is 5.32 Å². The maximum absolute atomic E-state index is 14.1. The summed E-state index contributed by atoms with van der Waals surface area (Å²) in [6.07, 6.45) is 1.14. The van der Waals surface area contributed by atoms with Gasteiger partial charge in [-0.3, -0.25) is 13.9 Å². The number of nitrogens with one attached hydrogen (secondary N) is 1. The van der Waals surface area contributed by atoms with Crippen molar-refractivity contribution in [2.24, 2.45) is 0 Å². The molecule has 0 aliphatic rings. The van der Waals surface area contributed by atoms with Gasteiger partial charge in [-0.15, -0.1) is 0 Å². The molecule has 0 aromatic heterocycles. The number of carbonyl (C=O) groups is 2. The van der Waals surface area contributed by atoms with Crippen LogP contribution in [0, 0.1) is 0 Å². The van der Waals surface area contributed by atoms with Crippen molar-refractivity contribution in [2.45, 2.75) is 45.3 Å². The van der Waals surface area contributed by atoms with Crippen molar-refractivity contribution in [1.82, 2.24) is 10.2 Å². The van der Waals surface area contributed by atoms with Gasteiger partial charge in [0.05, 0.1) is 27.0 Å². The predicted octanol–water partition coefficient (Wildman–Crippen LogP) is 6.62. The summed E-state index contributed by atoms with van der Waals surface area (Å²) in [4.78, 5) is 29.2. The van der Waals surface area contributed by atoms with Crippen LogP contribution < -0.4 is 9.62 Å². The van der Waals surface area contributed by atoms with E-state index in [4.69, 9.17) is 46.4 Å². The van der Waals surface area contributed by atoms with Gasteiger partial charge >= 0.3 is 0 Å². The average molecular weight is 659 g/mol. The number of anilines is 1. The number of rotatable bonds is 10. The first kappa shape index (κ1) is 33.0. The Kier molecular flexibility index (Phi) is 11.0. The lowest BCUT2D eigenvalue weighted by molar-refractivity contribution is -0.140. The van der Waals surface area contributed by atoms with Crippen LogP contribution in [0.1, 0.15) is 31.9 Å². The molecule has 0 fully saturated rings. The average Bonchev–Trinajstić information content (AvgIpc) is 2.87. The Hall–Kier alpha value is -2.49. The van der Waals surface area contributed by atoms with E-state index in [0.717, 1.165) is 16.1 Å². The molecule has 3 rings (SSSR count). The van der Waals surface area contributed by atoms with Crippen LogP contribution in [0.3, 0.4) is 0 Å². The number of carbonyl (C=O) groups excluding carboxylic acids is 2. The Morgan fingerprint density at radius 2 is 1.49 bits per heavy atom. The van der Waals surface area contributed by atoms with Crippen molar-refractivity contribution >= 4 is 73.9 Å². The quantitative estimate of drug-likeness (QED) is 0.265. The first-order chi connectivity index (χ1) is 19.0. The SMILES string of the molecule is CC(C)(C)NC(=O)[C@H](Cc1ccccc1)N(Cc1ccc(Cl)c(Cl)c1)C(=O)CN(c1cc(Cl)ccc1Cl)S(C)(=O)=O. The summed E-state index contributed by atoms with van der Waals surface area (Å²) in [7, 11) is -4.00. The van der Waals surface area contributed by atoms with Gasteiger partial charge in [0, 0.05) is 23.5 Å². The van der Waals surface area contributed by atoms with E-state index >= 15 is 0 Å². The molecule has 0 saturated carbocycles. The number of hydrogen-bond acceptors (Lipinski definition) is 4. The normalized spacial score (nSPS) is 12.5. The molecule has 3 aromatic rings. The van der Waals surface area contributed by atoms with E-state index < -0.39 is 40.0 Å². The first-order valence-corrected chi connectivity index (χ1v) is 15.9. The van der Waals surface area contributed by atoms with E-state index in [1.54, 1.807) is 18.2 Å². The number of amides is 2. The standard InChI is InChI=1S/C29H31Cl4N3O4S/c1-29(2,3)34-28(38)26(15-19-8-6-5-7-9-19)35(17-20-10-12-22(31)24(33)14-20)27(37)18-36(41(4,39)40)25-16-21(30)11-13-23(25)32/h5-14,16,26H,15,17-18H2,1-4H3,(H,34,38)/t26-/m0/s1. The minimum atomic E-state index is -4.00. The lowest BCUT2D eigenvalue weighted by atomic mass is 10.0. The zero-order valence-electron chi connectivity index (χ0n) is 23.0. The molecule has 1 N–H and O–H groups in total. The Morgan fingerprint density at radius 3 is 2.07 bits per heavy atom. The highest BCUT2D eigenvalue weighted by atomic mass is 35.5. The number of benzene rings is 3. The number of sulfonamides is 1. The number of nitrogens with zero attached hydrogens (tertiary/aromatic N) is 2. The summed E-state index contributed by atoms with van der Waals surface area (Å²) < 4.78 is 26.7. The molecule has 7 nitrogen and oxygen atoms in total. The van der Waals surface area contributed by atoms with E-state index in [-0.39, 0.29) is 33.7 Å². The molecular weight excluding hydrogens is 628 g/mol. The fourth-order valence-corrected chi connectivity index (χ4v) is 5.72. The summed E-state index contributed by atoms with van der Waals surface area (Å²) in [6, 6.07) is 17.5.